The van der Waals surface area contributed by atoms with Crippen molar-refractivity contribution in [1.82, 2.24) is 9.88 Å². The number of hydrogen-bond donors (Lipinski definition) is 1. The molecule has 0 aromatic carbocycles. The number of carbonyl (C=O) groups is 1. The molecular formula is C11H17N3O. The van der Waals surface area contributed by atoms with Gasteiger partial charge in [-0.15, -0.1) is 0 Å². The highest BCUT2D eigenvalue weighted by molar-refractivity contribution is 5.81. The Labute approximate surface area is 90.1 Å². The molecule has 1 rings (SSSR count). The van der Waals surface area contributed by atoms with Crippen LogP contribution < -0.4 is 5.73 Å². The lowest BCUT2D eigenvalue weighted by Gasteiger charge is -2.25. The lowest BCUT2D eigenvalue weighted by Crippen LogP contribution is -2.41. The zero-order valence-corrected chi connectivity index (χ0v) is 9.34. The van der Waals surface area contributed by atoms with Gasteiger partial charge in [-0.25, -0.2) is 0 Å². The molecule has 1 amide bonds. The Kier molecular flexibility index (Phi) is 3.80. The monoisotopic (exact) mass is 207 g/mol. The quantitative estimate of drug-likeness (QED) is 0.802. The zero-order valence-electron chi connectivity index (χ0n) is 9.34. The third-order valence-electron chi connectivity index (χ3n) is 2.43. The van der Waals surface area contributed by atoms with Crippen LogP contribution in [-0.2, 0) is 4.79 Å². The molecule has 0 bridgehead atoms. The van der Waals surface area contributed by atoms with Gasteiger partial charge in [0, 0.05) is 13.2 Å². The van der Waals surface area contributed by atoms with Gasteiger partial charge in [-0.2, -0.15) is 0 Å². The van der Waals surface area contributed by atoms with E-state index in [0.29, 0.717) is 0 Å². The molecule has 0 fully saturated rings. The number of rotatable bonds is 3. The molecule has 2 N–H and O–H groups in total. The molecule has 0 aliphatic rings. The lowest BCUT2D eigenvalue weighted by atomic mass is 10.1. The minimum atomic E-state index is -0.471. The topological polar surface area (TPSA) is 59.2 Å². The molecular weight excluding hydrogens is 190 g/mol. The summed E-state index contributed by atoms with van der Waals surface area (Å²) in [5.74, 6) is -0.0758. The van der Waals surface area contributed by atoms with Crippen LogP contribution in [0.5, 0.6) is 0 Å². The van der Waals surface area contributed by atoms with Gasteiger partial charge in [0.05, 0.1) is 17.8 Å². The molecule has 0 aliphatic heterocycles. The van der Waals surface area contributed by atoms with Crippen LogP contribution in [0.3, 0.4) is 0 Å². The van der Waals surface area contributed by atoms with E-state index in [1.165, 1.54) is 0 Å². The molecule has 0 aliphatic carbocycles. The van der Waals surface area contributed by atoms with Crippen LogP contribution in [0.25, 0.3) is 0 Å². The summed E-state index contributed by atoms with van der Waals surface area (Å²) in [6, 6.07) is 5.13. The molecule has 15 heavy (non-hydrogen) atoms. The van der Waals surface area contributed by atoms with Crippen LogP contribution in [-0.4, -0.2) is 28.9 Å². The molecule has 0 spiro atoms. The molecule has 4 nitrogen and oxygen atoms in total. The number of aromatic nitrogens is 1. The molecule has 0 unspecified atom stereocenters. The molecule has 2 atom stereocenters. The van der Waals surface area contributed by atoms with Crippen LogP contribution in [0.15, 0.2) is 24.4 Å². The fraction of sp³-hybridized carbons (Fsp3) is 0.455. The summed E-state index contributed by atoms with van der Waals surface area (Å²) in [5.41, 5.74) is 6.41. The Hall–Kier alpha value is -1.42. The lowest BCUT2D eigenvalue weighted by molar-refractivity contribution is -0.132. The van der Waals surface area contributed by atoms with Gasteiger partial charge in [0.1, 0.15) is 0 Å². The number of pyridine rings is 1. The second-order valence-electron chi connectivity index (χ2n) is 3.67. The second kappa shape index (κ2) is 4.89. The Morgan fingerprint density at radius 3 is 2.60 bits per heavy atom. The average Bonchev–Trinajstić information content (AvgIpc) is 2.27. The third kappa shape index (κ3) is 2.76. The van der Waals surface area contributed by atoms with E-state index in [1.54, 1.807) is 25.1 Å². The van der Waals surface area contributed by atoms with Gasteiger partial charge in [-0.3, -0.25) is 9.78 Å². The van der Waals surface area contributed by atoms with Crippen molar-refractivity contribution in [2.24, 2.45) is 5.73 Å². The van der Waals surface area contributed by atoms with Crippen molar-refractivity contribution in [2.45, 2.75) is 25.9 Å². The summed E-state index contributed by atoms with van der Waals surface area (Å²) in [6.45, 7) is 3.62. The highest BCUT2D eigenvalue weighted by Crippen LogP contribution is 2.16. The second-order valence-corrected chi connectivity index (χ2v) is 3.67. The highest BCUT2D eigenvalue weighted by Gasteiger charge is 2.20. The molecule has 82 valence electrons. The molecule has 0 radical (unpaired) electrons. The van der Waals surface area contributed by atoms with Gasteiger partial charge in [0.2, 0.25) is 5.91 Å². The maximum atomic E-state index is 11.6. The fourth-order valence-corrected chi connectivity index (χ4v) is 1.33. The smallest absolute Gasteiger partial charge is 0.239 e. The van der Waals surface area contributed by atoms with E-state index in [4.69, 9.17) is 5.73 Å². The van der Waals surface area contributed by atoms with Gasteiger partial charge < -0.3 is 10.6 Å². The van der Waals surface area contributed by atoms with Crippen molar-refractivity contribution in [3.63, 3.8) is 0 Å². The van der Waals surface area contributed by atoms with Crippen molar-refractivity contribution < 1.29 is 4.79 Å². The number of amides is 1. The average molecular weight is 207 g/mol. The molecule has 1 aromatic heterocycles. The van der Waals surface area contributed by atoms with Gasteiger partial charge in [0.25, 0.3) is 0 Å². The van der Waals surface area contributed by atoms with Crippen LogP contribution >= 0.6 is 0 Å². The molecule has 4 heteroatoms. The molecule has 0 saturated carbocycles. The fourth-order valence-electron chi connectivity index (χ4n) is 1.33. The van der Waals surface area contributed by atoms with E-state index in [-0.39, 0.29) is 11.9 Å². The first-order valence-corrected chi connectivity index (χ1v) is 4.97. The number of nitrogens with zero attached hydrogens (tertiary/aromatic N) is 2. The van der Waals surface area contributed by atoms with Crippen molar-refractivity contribution in [2.75, 3.05) is 7.05 Å². The summed E-state index contributed by atoms with van der Waals surface area (Å²) in [4.78, 5) is 17.5. The van der Waals surface area contributed by atoms with Crippen LogP contribution in [0.1, 0.15) is 25.6 Å². The number of nitrogens with two attached hydrogens (primary N) is 1. The first-order valence-electron chi connectivity index (χ1n) is 4.97. The molecule has 0 saturated heterocycles. The van der Waals surface area contributed by atoms with Gasteiger partial charge in [-0.1, -0.05) is 6.07 Å². The van der Waals surface area contributed by atoms with E-state index >= 15 is 0 Å². The number of hydrogen-bond acceptors (Lipinski definition) is 3. The molecule has 1 heterocycles. The summed E-state index contributed by atoms with van der Waals surface area (Å²) >= 11 is 0. The SMILES string of the molecule is C[C@H](N)C(=O)N(C)[C@@H](C)c1ccccn1. The van der Waals surface area contributed by atoms with E-state index in [0.717, 1.165) is 5.69 Å². The van der Waals surface area contributed by atoms with Gasteiger partial charge in [0.15, 0.2) is 0 Å². The Balaban J connectivity index is 2.77. The highest BCUT2D eigenvalue weighted by atomic mass is 16.2. The zero-order chi connectivity index (χ0) is 11.4. The first-order chi connectivity index (χ1) is 7.04. The summed E-state index contributed by atoms with van der Waals surface area (Å²) < 4.78 is 0. The van der Waals surface area contributed by atoms with Gasteiger partial charge in [-0.05, 0) is 26.0 Å². The van der Waals surface area contributed by atoms with Crippen molar-refractivity contribution >= 4 is 5.91 Å². The third-order valence-corrected chi connectivity index (χ3v) is 2.43. The van der Waals surface area contributed by atoms with E-state index in [1.807, 2.05) is 25.1 Å². The first kappa shape index (κ1) is 11.7. The van der Waals surface area contributed by atoms with Crippen molar-refractivity contribution in [1.29, 1.82) is 0 Å². The summed E-state index contributed by atoms with van der Waals surface area (Å²) in [5, 5.41) is 0. The number of likely N-dealkylation sites (N-methyl/N-ethyl adjacent to an activating group) is 1. The largest absolute Gasteiger partial charge is 0.336 e. The Morgan fingerprint density at radius 2 is 2.13 bits per heavy atom. The van der Waals surface area contributed by atoms with Crippen molar-refractivity contribution in [3.05, 3.63) is 30.1 Å². The van der Waals surface area contributed by atoms with E-state index < -0.39 is 6.04 Å². The molecule has 1 aromatic rings. The number of carbonyl (C=O) groups excluding carboxylic acids is 1. The summed E-state index contributed by atoms with van der Waals surface area (Å²) in [7, 11) is 1.74. The predicted molar refractivity (Wildman–Crippen MR) is 59.1 cm³/mol. The van der Waals surface area contributed by atoms with Crippen LogP contribution in [0.2, 0.25) is 0 Å². The van der Waals surface area contributed by atoms with Crippen LogP contribution in [0, 0.1) is 0 Å². The Bertz CT molecular complexity index is 324. The maximum Gasteiger partial charge on any atom is 0.239 e. The van der Waals surface area contributed by atoms with E-state index in [2.05, 4.69) is 4.98 Å². The van der Waals surface area contributed by atoms with Crippen LogP contribution in [0.4, 0.5) is 0 Å². The van der Waals surface area contributed by atoms with Crippen molar-refractivity contribution in [3.8, 4) is 0 Å². The van der Waals surface area contributed by atoms with E-state index in [9.17, 15) is 4.79 Å². The van der Waals surface area contributed by atoms with Gasteiger partial charge >= 0.3 is 0 Å². The standard InChI is InChI=1S/C11H17N3O/c1-8(12)11(15)14(3)9(2)10-6-4-5-7-13-10/h4-9H,12H2,1-3H3/t8-,9-/m0/s1. The minimum absolute atomic E-state index is 0.0512. The Morgan fingerprint density at radius 1 is 1.47 bits per heavy atom. The predicted octanol–water partition coefficient (Wildman–Crippen LogP) is 0.948. The minimum Gasteiger partial charge on any atom is -0.336 e. The summed E-state index contributed by atoms with van der Waals surface area (Å²) in [6.07, 6.45) is 1.72. The maximum absolute atomic E-state index is 11.6. The normalized spacial score (nSPS) is 14.4.